The van der Waals surface area contributed by atoms with Crippen LogP contribution in [-0.4, -0.2) is 56.5 Å². The molecule has 0 aliphatic carbocycles. The number of amides is 1. The summed E-state index contributed by atoms with van der Waals surface area (Å²) in [5.41, 5.74) is 3.17. The van der Waals surface area contributed by atoms with Crippen molar-refractivity contribution in [3.05, 3.63) is 71.6 Å². The van der Waals surface area contributed by atoms with Gasteiger partial charge in [-0.15, -0.1) is 11.3 Å². The van der Waals surface area contributed by atoms with Crippen molar-refractivity contribution in [1.82, 2.24) is 0 Å². The number of aryl methyl sites for hydroxylation is 1. The van der Waals surface area contributed by atoms with Crippen molar-refractivity contribution in [3.8, 4) is 16.2 Å². The fourth-order valence-electron chi connectivity index (χ4n) is 5.76. The minimum Gasteiger partial charge on any atom is -0.493 e. The Morgan fingerprint density at radius 3 is 2.60 bits per heavy atom. The number of quaternary nitrogens is 1. The van der Waals surface area contributed by atoms with Crippen molar-refractivity contribution in [2.24, 2.45) is 5.92 Å². The zero-order valence-corrected chi connectivity index (χ0v) is 21.5. The Labute approximate surface area is 212 Å². The molecule has 6 rings (SSSR count). The summed E-state index contributed by atoms with van der Waals surface area (Å²) in [6.07, 6.45) is 3.00. The second-order valence-corrected chi connectivity index (χ2v) is 10.9. The lowest BCUT2D eigenvalue weighted by molar-refractivity contribution is -0.946. The van der Waals surface area contributed by atoms with E-state index in [1.807, 2.05) is 49.5 Å². The summed E-state index contributed by atoms with van der Waals surface area (Å²) in [5.74, 6) is 1.40. The highest BCUT2D eigenvalue weighted by Crippen LogP contribution is 2.38. The number of thiophene rings is 1. The molecule has 3 aromatic rings. The molecule has 4 heterocycles. The molecule has 1 amide bonds. The Kier molecular flexibility index (Phi) is 7.12. The van der Waals surface area contributed by atoms with Crippen LogP contribution in [0, 0.1) is 12.8 Å². The van der Waals surface area contributed by atoms with E-state index in [1.165, 1.54) is 18.0 Å². The number of nitrogens with zero attached hydrogens (tertiary/aromatic N) is 2. The number of anilines is 1. The number of hydrogen-bond acceptors (Lipinski definition) is 4. The molecule has 0 N–H and O–H groups in total. The number of hydrogen-bond donors (Lipinski definition) is 0. The zero-order chi connectivity index (χ0) is 24.3. The number of rotatable bonds is 8. The van der Waals surface area contributed by atoms with Crippen LogP contribution in [0.4, 0.5) is 10.5 Å². The van der Waals surface area contributed by atoms with E-state index < -0.39 is 0 Å². The Morgan fingerprint density at radius 1 is 1.06 bits per heavy atom. The molecule has 2 bridgehead atoms. The quantitative estimate of drug-likeness (QED) is 0.271. The van der Waals surface area contributed by atoms with Crippen molar-refractivity contribution in [3.63, 3.8) is 0 Å². The molecule has 35 heavy (non-hydrogen) atoms. The molecule has 3 saturated heterocycles. The second-order valence-electron chi connectivity index (χ2n) is 9.98. The molecular weight excluding hydrogens is 456 g/mol. The number of ether oxygens (including phenoxy) is 2. The van der Waals surface area contributed by atoms with Crippen LogP contribution in [-0.2, 0) is 4.74 Å². The highest BCUT2D eigenvalue weighted by atomic mass is 32.1. The lowest BCUT2D eigenvalue weighted by Gasteiger charge is -2.52. The lowest BCUT2D eigenvalue weighted by atomic mass is 9.83. The van der Waals surface area contributed by atoms with Crippen LogP contribution in [0.3, 0.4) is 0 Å². The average molecular weight is 492 g/mol. The molecule has 3 fully saturated rings. The summed E-state index contributed by atoms with van der Waals surface area (Å²) in [6, 6.07) is 20.3. The van der Waals surface area contributed by atoms with Gasteiger partial charge in [0, 0.05) is 42.7 Å². The van der Waals surface area contributed by atoms with Gasteiger partial charge in [-0.2, -0.15) is 0 Å². The Morgan fingerprint density at radius 2 is 1.86 bits per heavy atom. The van der Waals surface area contributed by atoms with Crippen molar-refractivity contribution >= 4 is 23.1 Å². The molecule has 184 valence electrons. The van der Waals surface area contributed by atoms with Crippen molar-refractivity contribution in [1.29, 1.82) is 0 Å². The first kappa shape index (κ1) is 23.9. The van der Waals surface area contributed by atoms with E-state index in [1.54, 1.807) is 16.2 Å². The first-order valence-electron chi connectivity index (χ1n) is 12.7. The minimum atomic E-state index is -0.252. The first-order chi connectivity index (χ1) is 17.0. The van der Waals surface area contributed by atoms with Gasteiger partial charge in [0.2, 0.25) is 0 Å². The van der Waals surface area contributed by atoms with Gasteiger partial charge in [0.1, 0.15) is 12.3 Å². The molecule has 0 spiro atoms. The van der Waals surface area contributed by atoms with E-state index in [9.17, 15) is 4.79 Å². The molecule has 3 aliphatic heterocycles. The number of benzene rings is 2. The highest BCUT2D eigenvalue weighted by Gasteiger charge is 2.47. The van der Waals surface area contributed by atoms with Crippen LogP contribution in [0.2, 0.25) is 0 Å². The van der Waals surface area contributed by atoms with Crippen LogP contribution in [0.1, 0.15) is 24.8 Å². The van der Waals surface area contributed by atoms with Crippen molar-refractivity contribution in [2.75, 3.05) is 44.7 Å². The van der Waals surface area contributed by atoms with E-state index >= 15 is 0 Å². The first-order valence-corrected chi connectivity index (χ1v) is 13.5. The summed E-state index contributed by atoms with van der Waals surface area (Å²) < 4.78 is 13.2. The van der Waals surface area contributed by atoms with Crippen LogP contribution < -0.4 is 9.64 Å². The molecule has 3 aliphatic rings. The van der Waals surface area contributed by atoms with E-state index in [0.29, 0.717) is 5.92 Å². The third-order valence-electron chi connectivity index (χ3n) is 7.74. The van der Waals surface area contributed by atoms with Gasteiger partial charge in [-0.25, -0.2) is 4.79 Å². The number of fused-ring (bicyclic) bond motifs is 3. The molecule has 0 radical (unpaired) electrons. The van der Waals surface area contributed by atoms with E-state index in [2.05, 4.69) is 30.5 Å². The van der Waals surface area contributed by atoms with Gasteiger partial charge in [-0.05, 0) is 42.1 Å². The summed E-state index contributed by atoms with van der Waals surface area (Å²) in [7, 11) is 1.83. The standard InChI is InChI=1S/C29H35N2O3S/c1-22-9-6-12-25(28(22)27-13-7-20-35-27)30(2)29(32)34-26-21-31(17-14-23(26)15-18-31)16-8-19-33-24-10-4-3-5-11-24/h3-7,9-13,20,23,26H,8,14-19,21H2,1-2H3/q+1/t23?,26-,31?/m0/s1. The fraction of sp³-hybridized carbons (Fsp3) is 0.414. The summed E-state index contributed by atoms with van der Waals surface area (Å²) in [5, 5.41) is 2.07. The van der Waals surface area contributed by atoms with Gasteiger partial charge in [-0.1, -0.05) is 36.4 Å². The van der Waals surface area contributed by atoms with Gasteiger partial charge in [-0.3, -0.25) is 4.90 Å². The molecule has 6 heteroatoms. The third-order valence-corrected chi connectivity index (χ3v) is 8.62. The lowest BCUT2D eigenvalue weighted by Crippen LogP contribution is -2.65. The smallest absolute Gasteiger partial charge is 0.414 e. The molecule has 5 nitrogen and oxygen atoms in total. The number of carbonyl (C=O) groups is 1. The Balaban J connectivity index is 1.21. The van der Waals surface area contributed by atoms with E-state index in [-0.39, 0.29) is 12.2 Å². The molecule has 2 aromatic carbocycles. The van der Waals surface area contributed by atoms with Crippen LogP contribution in [0.15, 0.2) is 66.0 Å². The SMILES string of the molecule is Cc1cccc(N(C)C(=O)O[C@H]2C[N+]3(CCCOc4ccccc4)CCC2CC3)c1-c1cccs1. The monoisotopic (exact) mass is 491 g/mol. The van der Waals surface area contributed by atoms with Crippen LogP contribution in [0.5, 0.6) is 5.75 Å². The average Bonchev–Trinajstić information content (AvgIpc) is 3.42. The number of carbonyl (C=O) groups excluding carboxylic acids is 1. The molecule has 1 aromatic heterocycles. The minimum absolute atomic E-state index is 0.0162. The predicted molar refractivity (Wildman–Crippen MR) is 142 cm³/mol. The predicted octanol–water partition coefficient (Wildman–Crippen LogP) is 6.37. The van der Waals surface area contributed by atoms with Gasteiger partial charge in [0.25, 0.3) is 0 Å². The zero-order valence-electron chi connectivity index (χ0n) is 20.7. The molecule has 1 atom stereocenters. The van der Waals surface area contributed by atoms with E-state index in [4.69, 9.17) is 9.47 Å². The summed E-state index contributed by atoms with van der Waals surface area (Å²) in [6.45, 7) is 7.17. The van der Waals surface area contributed by atoms with Crippen LogP contribution >= 0.6 is 11.3 Å². The van der Waals surface area contributed by atoms with Crippen molar-refractivity contribution < 1.29 is 18.8 Å². The van der Waals surface area contributed by atoms with Crippen LogP contribution in [0.25, 0.3) is 10.4 Å². The maximum absolute atomic E-state index is 13.3. The molecule has 0 saturated carbocycles. The van der Waals surface area contributed by atoms with Crippen molar-refractivity contribution in [2.45, 2.75) is 32.3 Å². The maximum atomic E-state index is 13.3. The fourth-order valence-corrected chi connectivity index (χ4v) is 6.60. The van der Waals surface area contributed by atoms with Gasteiger partial charge >= 0.3 is 6.09 Å². The van der Waals surface area contributed by atoms with Gasteiger partial charge < -0.3 is 14.0 Å². The highest BCUT2D eigenvalue weighted by molar-refractivity contribution is 7.13. The molecular formula is C29H35N2O3S+. The van der Waals surface area contributed by atoms with E-state index in [0.717, 1.165) is 66.0 Å². The van der Waals surface area contributed by atoms with Gasteiger partial charge in [0.15, 0.2) is 6.10 Å². The number of para-hydroxylation sites is 1. The van der Waals surface area contributed by atoms with Gasteiger partial charge in [0.05, 0.1) is 31.9 Å². The maximum Gasteiger partial charge on any atom is 0.414 e. The third kappa shape index (κ3) is 5.24. The topological polar surface area (TPSA) is 38.8 Å². The normalized spacial score (nSPS) is 23.1. The Bertz CT molecular complexity index is 1120. The summed E-state index contributed by atoms with van der Waals surface area (Å²) >= 11 is 1.69. The second kappa shape index (κ2) is 10.4. The largest absolute Gasteiger partial charge is 0.493 e. The summed E-state index contributed by atoms with van der Waals surface area (Å²) in [4.78, 5) is 16.2. The Hall–Kier alpha value is -2.83. The number of piperidine rings is 3. The molecule has 0 unspecified atom stereocenters.